The number of aliphatic carboxylic acids is 1. The van der Waals surface area contributed by atoms with E-state index >= 15 is 0 Å². The van der Waals surface area contributed by atoms with Crippen LogP contribution in [0.25, 0.3) is 10.9 Å². The van der Waals surface area contributed by atoms with Gasteiger partial charge in [0, 0.05) is 35.8 Å². The van der Waals surface area contributed by atoms with E-state index in [0.717, 1.165) is 10.9 Å². The summed E-state index contributed by atoms with van der Waals surface area (Å²) in [5, 5.41) is 12.3. The molecule has 3 N–H and O–H groups in total. The molecule has 2 amide bonds. The lowest BCUT2D eigenvalue weighted by molar-refractivity contribution is -0.137. The zero-order valence-electron chi connectivity index (χ0n) is 14.2. The van der Waals surface area contributed by atoms with Gasteiger partial charge in [-0.15, -0.1) is 11.8 Å². The van der Waals surface area contributed by atoms with E-state index in [-0.39, 0.29) is 18.2 Å². The van der Waals surface area contributed by atoms with Crippen LogP contribution in [0.3, 0.4) is 0 Å². The lowest BCUT2D eigenvalue weighted by atomic mass is 10.1. The lowest BCUT2D eigenvalue weighted by Crippen LogP contribution is -2.47. The van der Waals surface area contributed by atoms with Crippen LogP contribution in [-0.2, 0) is 9.59 Å². The van der Waals surface area contributed by atoms with Crippen molar-refractivity contribution in [3.8, 4) is 0 Å². The third-order valence-electron chi connectivity index (χ3n) is 4.38. The predicted octanol–water partition coefficient (Wildman–Crippen LogP) is 2.05. The van der Waals surface area contributed by atoms with Crippen molar-refractivity contribution in [2.24, 2.45) is 0 Å². The van der Waals surface area contributed by atoms with Gasteiger partial charge < -0.3 is 20.3 Å². The van der Waals surface area contributed by atoms with Gasteiger partial charge in [-0.3, -0.25) is 14.4 Å². The van der Waals surface area contributed by atoms with E-state index in [4.69, 9.17) is 5.11 Å². The van der Waals surface area contributed by atoms with Gasteiger partial charge in [0.15, 0.2) is 0 Å². The number of nitrogens with one attached hydrogen (secondary N) is 2. The Kier molecular flexibility index (Phi) is 5.82. The predicted molar refractivity (Wildman–Crippen MR) is 100 cm³/mol. The number of carbonyl (C=O) groups excluding carboxylic acids is 2. The Bertz CT molecular complexity index is 820. The van der Waals surface area contributed by atoms with Crippen LogP contribution in [0.1, 0.15) is 29.6 Å². The number of benzene rings is 1. The molecule has 1 aliphatic rings. The summed E-state index contributed by atoms with van der Waals surface area (Å²) in [7, 11) is 0. The number of fused-ring (bicyclic) bond motifs is 1. The smallest absolute Gasteiger partial charge is 0.303 e. The van der Waals surface area contributed by atoms with E-state index in [2.05, 4.69) is 10.3 Å². The minimum atomic E-state index is -0.834. The Morgan fingerprint density at radius 3 is 2.88 bits per heavy atom. The molecular formula is C18H21N3O4S. The maximum Gasteiger partial charge on any atom is 0.303 e. The molecule has 1 atom stereocenters. The van der Waals surface area contributed by atoms with Crippen molar-refractivity contribution < 1.29 is 19.5 Å². The number of aromatic nitrogens is 1. The van der Waals surface area contributed by atoms with Gasteiger partial charge in [-0.25, -0.2) is 0 Å². The first kappa shape index (κ1) is 18.3. The largest absolute Gasteiger partial charge is 0.481 e. The quantitative estimate of drug-likeness (QED) is 0.643. The molecule has 8 heteroatoms. The maximum absolute atomic E-state index is 12.9. The molecule has 3 rings (SSSR count). The van der Waals surface area contributed by atoms with Crippen LogP contribution in [-0.4, -0.2) is 57.0 Å². The van der Waals surface area contributed by atoms with Gasteiger partial charge in [0.05, 0.1) is 11.4 Å². The third kappa shape index (κ3) is 4.01. The molecule has 0 spiro atoms. The van der Waals surface area contributed by atoms with Crippen LogP contribution in [0.4, 0.5) is 0 Å². The van der Waals surface area contributed by atoms with Gasteiger partial charge in [-0.2, -0.15) is 0 Å². The fraction of sp³-hybridized carbons (Fsp3) is 0.389. The summed E-state index contributed by atoms with van der Waals surface area (Å²) >= 11 is 1.55. The highest BCUT2D eigenvalue weighted by molar-refractivity contribution is 7.99. The van der Waals surface area contributed by atoms with Crippen LogP contribution in [0, 0.1) is 0 Å². The monoisotopic (exact) mass is 375 g/mol. The minimum absolute atomic E-state index is 0.0975. The Morgan fingerprint density at radius 1 is 1.27 bits per heavy atom. The van der Waals surface area contributed by atoms with Gasteiger partial charge in [-0.05, 0) is 18.9 Å². The number of carboxylic acids is 1. The molecule has 1 aromatic carbocycles. The van der Waals surface area contributed by atoms with Crippen molar-refractivity contribution in [2.45, 2.75) is 25.3 Å². The summed E-state index contributed by atoms with van der Waals surface area (Å²) < 4.78 is 0. The molecular weight excluding hydrogens is 354 g/mol. The Labute approximate surface area is 155 Å². The molecule has 1 aliphatic heterocycles. The SMILES string of the molecule is O=C(O)CCCCNC(=O)C1CSCN1C(=O)c1c[nH]c2ccccc12. The second-order valence-corrected chi connectivity index (χ2v) is 7.18. The first-order valence-corrected chi connectivity index (χ1v) is 9.67. The Balaban J connectivity index is 1.61. The molecule has 0 aliphatic carbocycles. The second kappa shape index (κ2) is 8.27. The summed E-state index contributed by atoms with van der Waals surface area (Å²) in [5.41, 5.74) is 1.46. The summed E-state index contributed by atoms with van der Waals surface area (Å²) in [6, 6.07) is 7.08. The number of hydrogen-bond acceptors (Lipinski definition) is 4. The normalized spacial score (nSPS) is 16.8. The molecule has 1 unspecified atom stereocenters. The number of hydrogen-bond donors (Lipinski definition) is 3. The van der Waals surface area contributed by atoms with Gasteiger partial charge in [-0.1, -0.05) is 18.2 Å². The second-order valence-electron chi connectivity index (χ2n) is 6.18. The fourth-order valence-corrected chi connectivity index (χ4v) is 4.15. The Hall–Kier alpha value is -2.48. The van der Waals surface area contributed by atoms with E-state index < -0.39 is 12.0 Å². The Morgan fingerprint density at radius 2 is 2.08 bits per heavy atom. The zero-order chi connectivity index (χ0) is 18.5. The van der Waals surface area contributed by atoms with Gasteiger partial charge in [0.2, 0.25) is 5.91 Å². The van der Waals surface area contributed by atoms with Crippen molar-refractivity contribution in [1.29, 1.82) is 0 Å². The number of H-pyrrole nitrogens is 1. The third-order valence-corrected chi connectivity index (χ3v) is 5.39. The zero-order valence-corrected chi connectivity index (χ0v) is 15.1. The van der Waals surface area contributed by atoms with E-state index in [9.17, 15) is 14.4 Å². The topological polar surface area (TPSA) is 102 Å². The number of thioether (sulfide) groups is 1. The first-order valence-electron chi connectivity index (χ1n) is 8.52. The summed E-state index contributed by atoms with van der Waals surface area (Å²) in [6.45, 7) is 0.419. The highest BCUT2D eigenvalue weighted by atomic mass is 32.2. The molecule has 7 nitrogen and oxygen atoms in total. The van der Waals surface area contributed by atoms with Crippen molar-refractivity contribution in [3.63, 3.8) is 0 Å². The van der Waals surface area contributed by atoms with E-state index in [0.29, 0.717) is 36.6 Å². The average molecular weight is 375 g/mol. The molecule has 0 bridgehead atoms. The number of amides is 2. The highest BCUT2D eigenvalue weighted by Gasteiger charge is 2.35. The highest BCUT2D eigenvalue weighted by Crippen LogP contribution is 2.26. The molecule has 0 saturated carbocycles. The van der Waals surface area contributed by atoms with Crippen LogP contribution < -0.4 is 5.32 Å². The molecule has 138 valence electrons. The lowest BCUT2D eigenvalue weighted by Gasteiger charge is -2.23. The van der Waals surface area contributed by atoms with E-state index in [1.165, 1.54) is 0 Å². The maximum atomic E-state index is 12.9. The molecule has 2 aromatic rings. The van der Waals surface area contributed by atoms with Crippen LogP contribution in [0.15, 0.2) is 30.5 Å². The van der Waals surface area contributed by atoms with Crippen molar-refractivity contribution in [3.05, 3.63) is 36.0 Å². The van der Waals surface area contributed by atoms with E-state index in [1.807, 2.05) is 24.3 Å². The van der Waals surface area contributed by atoms with Crippen LogP contribution in [0.5, 0.6) is 0 Å². The van der Waals surface area contributed by atoms with Gasteiger partial charge in [0.25, 0.3) is 5.91 Å². The number of carboxylic acid groups (broad SMARTS) is 1. The number of carbonyl (C=O) groups is 3. The van der Waals surface area contributed by atoms with Gasteiger partial charge in [0.1, 0.15) is 6.04 Å². The molecule has 2 heterocycles. The van der Waals surface area contributed by atoms with Crippen molar-refractivity contribution in [1.82, 2.24) is 15.2 Å². The van der Waals surface area contributed by atoms with Gasteiger partial charge >= 0.3 is 5.97 Å². The van der Waals surface area contributed by atoms with Crippen molar-refractivity contribution in [2.75, 3.05) is 18.2 Å². The van der Waals surface area contributed by atoms with Crippen molar-refractivity contribution >= 4 is 40.4 Å². The molecule has 1 saturated heterocycles. The minimum Gasteiger partial charge on any atom is -0.481 e. The van der Waals surface area contributed by atoms with Crippen LogP contribution >= 0.6 is 11.8 Å². The summed E-state index contributed by atoms with van der Waals surface area (Å²) in [4.78, 5) is 40.6. The number of unbranched alkanes of at least 4 members (excludes halogenated alkanes) is 1. The molecule has 26 heavy (non-hydrogen) atoms. The van der Waals surface area contributed by atoms with E-state index in [1.54, 1.807) is 22.9 Å². The molecule has 1 aromatic heterocycles. The number of para-hydroxylation sites is 1. The molecule has 1 fully saturated rings. The number of aromatic amines is 1. The van der Waals surface area contributed by atoms with Crippen LogP contribution in [0.2, 0.25) is 0 Å². The molecule has 0 radical (unpaired) electrons. The first-order chi connectivity index (χ1) is 12.6. The average Bonchev–Trinajstić information content (AvgIpc) is 3.27. The number of nitrogens with zero attached hydrogens (tertiary/aromatic N) is 1. The summed E-state index contributed by atoms with van der Waals surface area (Å²) in [5.74, 6) is -0.124. The fourth-order valence-electron chi connectivity index (χ4n) is 2.99. The standard InChI is InChI=1S/C18H21N3O4S/c22-16(23)7-3-4-8-19-17(24)15-10-26-11-21(15)18(25)13-9-20-14-6-2-1-5-12(13)14/h1-2,5-6,9,15,20H,3-4,7-8,10-11H2,(H,19,24)(H,22,23). The number of rotatable bonds is 7. The summed E-state index contributed by atoms with van der Waals surface area (Å²) in [6.07, 6.45) is 2.92.